The van der Waals surface area contributed by atoms with Crippen LogP contribution in [0.15, 0.2) is 0 Å². The zero-order valence-corrected chi connectivity index (χ0v) is 13.9. The van der Waals surface area contributed by atoms with Gasteiger partial charge in [-0.05, 0) is 20.8 Å². The lowest BCUT2D eigenvalue weighted by Crippen LogP contribution is -2.72. The number of ether oxygens (including phenoxy) is 1. The van der Waals surface area contributed by atoms with E-state index in [4.69, 9.17) is 16.3 Å². The van der Waals surface area contributed by atoms with Crippen molar-refractivity contribution in [1.29, 1.82) is 0 Å². The van der Waals surface area contributed by atoms with E-state index in [2.05, 4.69) is 15.9 Å². The predicted molar refractivity (Wildman–Crippen MR) is 76.2 cm³/mol. The summed E-state index contributed by atoms with van der Waals surface area (Å²) in [7, 11) is 0. The molecule has 2 fully saturated rings. The molecule has 4 atom stereocenters. The number of carbonyl (C=O) groups is 2. The molecule has 2 rings (SSSR count). The first-order valence-corrected chi connectivity index (χ1v) is 7.91. The number of hydrogen-bond donors (Lipinski definition) is 1. The molecule has 1 amide bonds. The number of hydrogen-bond acceptors (Lipinski definition) is 5. The lowest BCUT2D eigenvalue weighted by atomic mass is 9.92. The molecule has 0 aromatic heterocycles. The van der Waals surface area contributed by atoms with E-state index in [0.29, 0.717) is 0 Å². The Kier molecular flexibility index (Phi) is 3.88. The molecule has 2 aliphatic heterocycles. The van der Waals surface area contributed by atoms with E-state index in [9.17, 15) is 14.7 Å². The number of amides is 1. The SMILES string of the molecule is CC(Cl)OC(=O)[C@@H]1N2C(=O)[C@@](Br)(CO)[C@H]2SC1(C)C. The Hall–Kier alpha value is 0.0200. The number of aliphatic hydroxyl groups excluding tert-OH is 1. The van der Waals surface area contributed by atoms with Crippen LogP contribution in [0, 0.1) is 0 Å². The highest BCUT2D eigenvalue weighted by Crippen LogP contribution is 2.57. The first-order valence-electron chi connectivity index (χ1n) is 5.80. The molecule has 0 spiro atoms. The molecule has 0 radical (unpaired) electrons. The fraction of sp³-hybridized carbons (Fsp3) is 0.818. The average Bonchev–Trinajstić information content (AvgIpc) is 2.57. The van der Waals surface area contributed by atoms with Crippen molar-refractivity contribution >= 4 is 51.2 Å². The summed E-state index contributed by atoms with van der Waals surface area (Å²) in [6.45, 7) is 4.99. The van der Waals surface area contributed by atoms with E-state index in [1.54, 1.807) is 6.92 Å². The van der Waals surface area contributed by atoms with E-state index in [0.717, 1.165) is 0 Å². The molecule has 0 aromatic carbocycles. The molecule has 8 heteroatoms. The van der Waals surface area contributed by atoms with Gasteiger partial charge < -0.3 is 14.7 Å². The summed E-state index contributed by atoms with van der Waals surface area (Å²) in [4.78, 5) is 25.7. The molecular weight excluding hydrogens is 358 g/mol. The Balaban J connectivity index is 2.26. The summed E-state index contributed by atoms with van der Waals surface area (Å²) in [5.41, 5.74) is -0.740. The van der Waals surface area contributed by atoms with Crippen molar-refractivity contribution in [2.45, 2.75) is 46.8 Å². The van der Waals surface area contributed by atoms with Gasteiger partial charge in [0.1, 0.15) is 11.4 Å². The van der Waals surface area contributed by atoms with Crippen molar-refractivity contribution in [2.24, 2.45) is 0 Å². The van der Waals surface area contributed by atoms with Gasteiger partial charge in [0.15, 0.2) is 9.89 Å². The maximum Gasteiger partial charge on any atom is 0.331 e. The molecule has 5 nitrogen and oxygen atoms in total. The molecule has 0 bridgehead atoms. The van der Waals surface area contributed by atoms with Gasteiger partial charge in [-0.15, -0.1) is 11.8 Å². The van der Waals surface area contributed by atoms with Gasteiger partial charge in [-0.25, -0.2) is 4.79 Å². The topological polar surface area (TPSA) is 66.8 Å². The summed E-state index contributed by atoms with van der Waals surface area (Å²) >= 11 is 10.4. The number of aliphatic hydroxyl groups is 1. The van der Waals surface area contributed by atoms with Crippen molar-refractivity contribution in [1.82, 2.24) is 4.90 Å². The van der Waals surface area contributed by atoms with Crippen LogP contribution in [-0.4, -0.2) is 54.5 Å². The number of fused-ring (bicyclic) bond motifs is 1. The molecule has 19 heavy (non-hydrogen) atoms. The Morgan fingerprint density at radius 1 is 1.68 bits per heavy atom. The fourth-order valence-corrected chi connectivity index (χ4v) is 4.84. The minimum absolute atomic E-state index is 0.275. The number of alkyl halides is 2. The second-order valence-corrected chi connectivity index (χ2v) is 8.95. The number of β-lactam (4-membered cyclic amide) rings is 1. The summed E-state index contributed by atoms with van der Waals surface area (Å²) in [5.74, 6) is -0.800. The maximum atomic E-state index is 12.1. The summed E-state index contributed by atoms with van der Waals surface area (Å²) in [6, 6.07) is -0.687. The van der Waals surface area contributed by atoms with E-state index in [1.807, 2.05) is 13.8 Å². The highest BCUT2D eigenvalue weighted by molar-refractivity contribution is 9.10. The van der Waals surface area contributed by atoms with Crippen LogP contribution in [0.2, 0.25) is 0 Å². The van der Waals surface area contributed by atoms with E-state index < -0.39 is 26.6 Å². The summed E-state index contributed by atoms with van der Waals surface area (Å²) in [5, 5.41) is 9.08. The average molecular weight is 373 g/mol. The van der Waals surface area contributed by atoms with Crippen LogP contribution in [0.4, 0.5) is 0 Å². The number of carbonyl (C=O) groups excluding carboxylic acids is 2. The predicted octanol–water partition coefficient (Wildman–Crippen LogP) is 1.30. The Morgan fingerprint density at radius 2 is 2.26 bits per heavy atom. The van der Waals surface area contributed by atoms with Crippen molar-refractivity contribution in [3.8, 4) is 0 Å². The first kappa shape index (κ1) is 15.4. The van der Waals surface area contributed by atoms with Gasteiger partial charge in [0.2, 0.25) is 5.91 Å². The maximum absolute atomic E-state index is 12.1. The molecule has 2 saturated heterocycles. The minimum atomic E-state index is -0.990. The number of halogens is 2. The molecule has 108 valence electrons. The van der Waals surface area contributed by atoms with Gasteiger partial charge in [0.25, 0.3) is 0 Å². The fourth-order valence-electron chi connectivity index (χ4n) is 2.44. The van der Waals surface area contributed by atoms with Gasteiger partial charge in [0.05, 0.1) is 6.61 Å². The molecule has 0 aliphatic carbocycles. The first-order chi connectivity index (χ1) is 8.65. The van der Waals surface area contributed by atoms with Crippen molar-refractivity contribution in [2.75, 3.05) is 6.61 Å². The van der Waals surface area contributed by atoms with Crippen LogP contribution < -0.4 is 0 Å². The van der Waals surface area contributed by atoms with E-state index >= 15 is 0 Å². The quantitative estimate of drug-likeness (QED) is 0.459. The number of rotatable bonds is 3. The molecule has 2 aliphatic rings. The summed E-state index contributed by atoms with van der Waals surface area (Å²) < 4.78 is 3.53. The second-order valence-electron chi connectivity index (χ2n) is 5.19. The largest absolute Gasteiger partial charge is 0.445 e. The molecule has 0 aromatic rings. The minimum Gasteiger partial charge on any atom is -0.445 e. The van der Waals surface area contributed by atoms with Gasteiger partial charge >= 0.3 is 5.97 Å². The van der Waals surface area contributed by atoms with Gasteiger partial charge in [-0.1, -0.05) is 27.5 Å². The summed E-state index contributed by atoms with van der Waals surface area (Å²) in [6.07, 6.45) is 0. The van der Waals surface area contributed by atoms with Gasteiger partial charge in [-0.2, -0.15) is 0 Å². The third-order valence-corrected chi connectivity index (χ3v) is 6.42. The van der Waals surface area contributed by atoms with Crippen molar-refractivity contribution < 1.29 is 19.4 Å². The van der Waals surface area contributed by atoms with Crippen molar-refractivity contribution in [3.63, 3.8) is 0 Å². The molecular formula is C11H15BrClNO4S. The Labute approximate surface area is 129 Å². The number of esters is 1. The molecule has 0 saturated carbocycles. The van der Waals surface area contributed by atoms with Crippen LogP contribution in [0.3, 0.4) is 0 Å². The van der Waals surface area contributed by atoms with Crippen LogP contribution >= 0.6 is 39.3 Å². The Morgan fingerprint density at radius 3 is 2.74 bits per heavy atom. The standard InChI is InChI=1S/C11H15BrClNO4S/c1-5(13)18-7(16)6-10(2,3)19-9-11(12,4-15)8(17)14(6)9/h5-6,9,15H,4H2,1-3H3/t5?,6-,9+,11-/m0/s1. The van der Waals surface area contributed by atoms with Gasteiger partial charge in [-0.3, -0.25) is 4.79 Å². The highest BCUT2D eigenvalue weighted by Gasteiger charge is 2.70. The zero-order chi connectivity index (χ0) is 14.6. The molecule has 1 unspecified atom stereocenters. The van der Waals surface area contributed by atoms with Crippen LogP contribution in [-0.2, 0) is 14.3 Å². The van der Waals surface area contributed by atoms with Gasteiger partial charge in [0, 0.05) is 4.75 Å². The Bertz CT molecular complexity index is 433. The monoisotopic (exact) mass is 371 g/mol. The normalized spacial score (nSPS) is 37.6. The third-order valence-electron chi connectivity index (χ3n) is 3.32. The number of nitrogens with zero attached hydrogens (tertiary/aromatic N) is 1. The molecule has 1 N–H and O–H groups in total. The zero-order valence-electron chi connectivity index (χ0n) is 10.7. The van der Waals surface area contributed by atoms with Crippen LogP contribution in [0.5, 0.6) is 0 Å². The second kappa shape index (κ2) is 4.79. The van der Waals surface area contributed by atoms with Crippen LogP contribution in [0.1, 0.15) is 20.8 Å². The van der Waals surface area contributed by atoms with E-state index in [1.165, 1.54) is 16.7 Å². The number of thioether (sulfide) groups is 1. The highest BCUT2D eigenvalue weighted by atomic mass is 79.9. The lowest BCUT2D eigenvalue weighted by molar-refractivity contribution is -0.165. The smallest absolute Gasteiger partial charge is 0.331 e. The third kappa shape index (κ3) is 2.18. The van der Waals surface area contributed by atoms with Crippen LogP contribution in [0.25, 0.3) is 0 Å². The van der Waals surface area contributed by atoms with Crippen molar-refractivity contribution in [3.05, 3.63) is 0 Å². The molecule has 2 heterocycles. The van der Waals surface area contributed by atoms with E-state index in [-0.39, 0.29) is 17.9 Å². The lowest BCUT2D eigenvalue weighted by Gasteiger charge is -2.49.